The summed E-state index contributed by atoms with van der Waals surface area (Å²) in [5, 5.41) is 4.03. The Morgan fingerprint density at radius 2 is 2.00 bits per heavy atom. The molecule has 0 saturated carbocycles. The van der Waals surface area contributed by atoms with Gasteiger partial charge in [-0.2, -0.15) is 4.98 Å². The van der Waals surface area contributed by atoms with Crippen molar-refractivity contribution in [3.8, 4) is 22.8 Å². The standard InChI is InChI=1S/C13H13N5O2/c1-19-10-5-9(7-15-12(10)20-2)8-3-4-18-11(6-8)16-13(14)17-18/h3-7H,1-2H3,(H2,14,17). The van der Waals surface area contributed by atoms with E-state index in [9.17, 15) is 0 Å². The number of ether oxygens (including phenoxy) is 2. The number of anilines is 1. The number of nitrogen functional groups attached to an aromatic ring is 1. The number of fused-ring (bicyclic) bond motifs is 1. The van der Waals surface area contributed by atoms with Crippen LogP contribution in [0.5, 0.6) is 11.6 Å². The molecule has 20 heavy (non-hydrogen) atoms. The number of aromatic nitrogens is 4. The van der Waals surface area contributed by atoms with Gasteiger partial charge in [0.25, 0.3) is 5.88 Å². The van der Waals surface area contributed by atoms with Crippen LogP contribution in [0.15, 0.2) is 30.6 Å². The van der Waals surface area contributed by atoms with Gasteiger partial charge in [-0.3, -0.25) is 0 Å². The first kappa shape index (κ1) is 12.2. The maximum absolute atomic E-state index is 5.57. The van der Waals surface area contributed by atoms with Crippen LogP contribution in [-0.4, -0.2) is 33.8 Å². The lowest BCUT2D eigenvalue weighted by Gasteiger charge is -2.08. The molecule has 0 spiro atoms. The zero-order valence-electron chi connectivity index (χ0n) is 11.1. The van der Waals surface area contributed by atoms with Crippen molar-refractivity contribution in [2.24, 2.45) is 0 Å². The maximum atomic E-state index is 5.57. The Morgan fingerprint density at radius 1 is 1.15 bits per heavy atom. The number of nitrogens with zero attached hydrogens (tertiary/aromatic N) is 4. The minimum atomic E-state index is 0.243. The van der Waals surface area contributed by atoms with E-state index in [4.69, 9.17) is 15.2 Å². The molecule has 0 fully saturated rings. The number of rotatable bonds is 3. The Kier molecular flexibility index (Phi) is 2.86. The van der Waals surface area contributed by atoms with E-state index < -0.39 is 0 Å². The summed E-state index contributed by atoms with van der Waals surface area (Å²) in [6, 6.07) is 5.65. The molecular formula is C13H13N5O2. The van der Waals surface area contributed by atoms with E-state index in [0.717, 1.165) is 11.1 Å². The van der Waals surface area contributed by atoms with Gasteiger partial charge in [-0.15, -0.1) is 5.10 Å². The van der Waals surface area contributed by atoms with E-state index in [1.54, 1.807) is 31.1 Å². The second-order valence-corrected chi connectivity index (χ2v) is 4.12. The number of nitrogens with two attached hydrogens (primary N) is 1. The fourth-order valence-electron chi connectivity index (χ4n) is 1.97. The highest BCUT2D eigenvalue weighted by Crippen LogP contribution is 2.30. The SMILES string of the molecule is COc1cc(-c2ccn3nc(N)nc3c2)cnc1OC. The van der Waals surface area contributed by atoms with Crippen LogP contribution in [0.3, 0.4) is 0 Å². The molecule has 3 aromatic rings. The summed E-state index contributed by atoms with van der Waals surface area (Å²) in [7, 11) is 3.13. The molecule has 0 radical (unpaired) electrons. The molecular weight excluding hydrogens is 258 g/mol. The molecule has 3 heterocycles. The lowest BCUT2D eigenvalue weighted by atomic mass is 10.1. The Morgan fingerprint density at radius 3 is 2.75 bits per heavy atom. The van der Waals surface area contributed by atoms with Crippen molar-refractivity contribution in [2.45, 2.75) is 0 Å². The Labute approximate surface area is 115 Å². The molecule has 0 saturated heterocycles. The predicted molar refractivity (Wildman–Crippen MR) is 73.7 cm³/mol. The van der Waals surface area contributed by atoms with Crippen molar-refractivity contribution < 1.29 is 9.47 Å². The van der Waals surface area contributed by atoms with Gasteiger partial charge in [0.2, 0.25) is 5.95 Å². The lowest BCUT2D eigenvalue weighted by molar-refractivity contribution is 0.343. The average molecular weight is 271 g/mol. The lowest BCUT2D eigenvalue weighted by Crippen LogP contribution is -1.94. The first-order chi connectivity index (χ1) is 9.71. The van der Waals surface area contributed by atoms with Crippen LogP contribution in [0.2, 0.25) is 0 Å². The van der Waals surface area contributed by atoms with Crippen LogP contribution in [0.4, 0.5) is 5.95 Å². The zero-order valence-corrected chi connectivity index (χ0v) is 11.1. The fourth-order valence-corrected chi connectivity index (χ4v) is 1.97. The van der Waals surface area contributed by atoms with Gasteiger partial charge in [-0.05, 0) is 23.8 Å². The summed E-state index contributed by atoms with van der Waals surface area (Å²) in [5.74, 6) is 1.27. The van der Waals surface area contributed by atoms with E-state index in [2.05, 4.69) is 15.1 Å². The van der Waals surface area contributed by atoms with Crippen LogP contribution >= 0.6 is 0 Å². The smallest absolute Gasteiger partial charge is 0.256 e. The molecule has 0 aliphatic carbocycles. The zero-order chi connectivity index (χ0) is 14.1. The van der Waals surface area contributed by atoms with Crippen molar-refractivity contribution in [1.82, 2.24) is 19.6 Å². The van der Waals surface area contributed by atoms with E-state index in [0.29, 0.717) is 17.3 Å². The molecule has 0 amide bonds. The molecule has 102 valence electrons. The molecule has 7 nitrogen and oxygen atoms in total. The van der Waals surface area contributed by atoms with Crippen molar-refractivity contribution in [1.29, 1.82) is 0 Å². The summed E-state index contributed by atoms with van der Waals surface area (Å²) in [6.45, 7) is 0. The molecule has 0 aromatic carbocycles. The van der Waals surface area contributed by atoms with Gasteiger partial charge >= 0.3 is 0 Å². The third-order valence-corrected chi connectivity index (χ3v) is 2.92. The van der Waals surface area contributed by atoms with Crippen molar-refractivity contribution in [3.05, 3.63) is 30.6 Å². The fraction of sp³-hybridized carbons (Fsp3) is 0.154. The van der Waals surface area contributed by atoms with Crippen LogP contribution in [0.1, 0.15) is 0 Å². The van der Waals surface area contributed by atoms with Crippen LogP contribution < -0.4 is 15.2 Å². The summed E-state index contributed by atoms with van der Waals surface area (Å²) >= 11 is 0. The second-order valence-electron chi connectivity index (χ2n) is 4.12. The summed E-state index contributed by atoms with van der Waals surface area (Å²) in [4.78, 5) is 8.34. The van der Waals surface area contributed by atoms with E-state index in [-0.39, 0.29) is 5.95 Å². The first-order valence-electron chi connectivity index (χ1n) is 5.91. The highest BCUT2D eigenvalue weighted by Gasteiger charge is 2.09. The van der Waals surface area contributed by atoms with E-state index >= 15 is 0 Å². The molecule has 0 bridgehead atoms. The quantitative estimate of drug-likeness (QED) is 0.774. The summed E-state index contributed by atoms with van der Waals surface area (Å²) in [5.41, 5.74) is 8.08. The third-order valence-electron chi connectivity index (χ3n) is 2.92. The van der Waals surface area contributed by atoms with Gasteiger partial charge in [0, 0.05) is 18.0 Å². The van der Waals surface area contributed by atoms with Gasteiger partial charge < -0.3 is 15.2 Å². The van der Waals surface area contributed by atoms with Gasteiger partial charge in [-0.1, -0.05) is 0 Å². The number of hydrogen-bond acceptors (Lipinski definition) is 6. The molecule has 0 aliphatic heterocycles. The number of pyridine rings is 2. The summed E-state index contributed by atoms with van der Waals surface area (Å²) < 4.78 is 12.0. The molecule has 0 atom stereocenters. The largest absolute Gasteiger partial charge is 0.491 e. The van der Waals surface area contributed by atoms with Gasteiger partial charge in [0.05, 0.1) is 14.2 Å². The summed E-state index contributed by atoms with van der Waals surface area (Å²) in [6.07, 6.45) is 3.51. The Hall–Kier alpha value is -2.83. The van der Waals surface area contributed by atoms with E-state index in [1.807, 2.05) is 18.2 Å². The topological polar surface area (TPSA) is 87.6 Å². The Bertz CT molecular complexity index is 769. The van der Waals surface area contributed by atoms with Gasteiger partial charge in [0.15, 0.2) is 11.4 Å². The van der Waals surface area contributed by atoms with Crippen molar-refractivity contribution in [3.63, 3.8) is 0 Å². The molecule has 3 rings (SSSR count). The molecule has 0 aliphatic rings. The maximum Gasteiger partial charge on any atom is 0.256 e. The Balaban J connectivity index is 2.09. The molecule has 2 N–H and O–H groups in total. The predicted octanol–water partition coefficient (Wildman–Crippen LogP) is 1.39. The van der Waals surface area contributed by atoms with Gasteiger partial charge in [-0.25, -0.2) is 9.50 Å². The minimum Gasteiger partial charge on any atom is -0.491 e. The highest BCUT2D eigenvalue weighted by molar-refractivity contribution is 5.68. The minimum absolute atomic E-state index is 0.243. The van der Waals surface area contributed by atoms with Gasteiger partial charge in [0.1, 0.15) is 0 Å². The van der Waals surface area contributed by atoms with Crippen LogP contribution in [0, 0.1) is 0 Å². The van der Waals surface area contributed by atoms with Crippen LogP contribution in [-0.2, 0) is 0 Å². The highest BCUT2D eigenvalue weighted by atomic mass is 16.5. The van der Waals surface area contributed by atoms with Crippen molar-refractivity contribution >= 4 is 11.6 Å². The number of hydrogen-bond donors (Lipinski definition) is 1. The van der Waals surface area contributed by atoms with Crippen molar-refractivity contribution in [2.75, 3.05) is 20.0 Å². The molecule has 0 unspecified atom stereocenters. The first-order valence-corrected chi connectivity index (χ1v) is 5.91. The molecule has 7 heteroatoms. The third kappa shape index (κ3) is 1.99. The second kappa shape index (κ2) is 4.69. The number of methoxy groups -OCH3 is 2. The van der Waals surface area contributed by atoms with Crippen LogP contribution in [0.25, 0.3) is 16.8 Å². The average Bonchev–Trinajstić information content (AvgIpc) is 2.85. The molecule has 3 aromatic heterocycles. The monoisotopic (exact) mass is 271 g/mol. The normalized spacial score (nSPS) is 10.7. The van der Waals surface area contributed by atoms with E-state index in [1.165, 1.54) is 0 Å².